The Morgan fingerprint density at radius 2 is 1.79 bits per heavy atom. The van der Waals surface area contributed by atoms with E-state index in [1.807, 2.05) is 0 Å². The lowest BCUT2D eigenvalue weighted by molar-refractivity contribution is -0.131. The zero-order chi connectivity index (χ0) is 20.1. The molecule has 1 saturated heterocycles. The predicted octanol–water partition coefficient (Wildman–Crippen LogP) is 2.79. The van der Waals surface area contributed by atoms with Crippen molar-refractivity contribution < 1.29 is 23.5 Å². The van der Waals surface area contributed by atoms with Gasteiger partial charge < -0.3 is 15.0 Å². The third-order valence-corrected chi connectivity index (χ3v) is 4.58. The molecule has 1 aliphatic heterocycles. The Balaban J connectivity index is 1.55. The second-order valence-corrected chi connectivity index (χ2v) is 6.64. The number of halogens is 1. The van der Waals surface area contributed by atoms with E-state index in [0.717, 1.165) is 0 Å². The van der Waals surface area contributed by atoms with E-state index in [2.05, 4.69) is 5.32 Å². The Bertz CT molecular complexity index is 891. The molecule has 1 N–H and O–H groups in total. The summed E-state index contributed by atoms with van der Waals surface area (Å²) < 4.78 is 18.8. The van der Waals surface area contributed by atoms with Crippen molar-refractivity contribution in [3.8, 4) is 5.75 Å². The van der Waals surface area contributed by atoms with E-state index in [4.69, 9.17) is 4.74 Å². The van der Waals surface area contributed by atoms with E-state index in [-0.39, 0.29) is 23.4 Å². The van der Waals surface area contributed by atoms with Gasteiger partial charge in [0.25, 0.3) is 11.8 Å². The average Bonchev–Trinajstić information content (AvgIpc) is 2.68. The van der Waals surface area contributed by atoms with Gasteiger partial charge in [-0.2, -0.15) is 0 Å². The number of piperidine rings is 1. The summed E-state index contributed by atoms with van der Waals surface area (Å²) in [5.74, 6) is -1.28. The molecule has 0 spiro atoms. The van der Waals surface area contributed by atoms with Crippen molar-refractivity contribution in [1.82, 2.24) is 10.2 Å². The van der Waals surface area contributed by atoms with Crippen LogP contribution in [0.5, 0.6) is 5.75 Å². The lowest BCUT2D eigenvalue weighted by atomic mass is 10.0. The van der Waals surface area contributed by atoms with Gasteiger partial charge in [0.15, 0.2) is 0 Å². The molecule has 146 valence electrons. The molecule has 0 unspecified atom stereocenters. The van der Waals surface area contributed by atoms with Gasteiger partial charge in [-0.05, 0) is 43.2 Å². The second-order valence-electron chi connectivity index (χ2n) is 6.64. The molecule has 1 heterocycles. The van der Waals surface area contributed by atoms with Crippen LogP contribution in [0.15, 0.2) is 48.5 Å². The van der Waals surface area contributed by atoms with Crippen molar-refractivity contribution in [3.63, 3.8) is 0 Å². The van der Waals surface area contributed by atoms with Crippen molar-refractivity contribution in [2.75, 3.05) is 13.1 Å². The lowest BCUT2D eigenvalue weighted by Gasteiger charge is -2.32. The lowest BCUT2D eigenvalue weighted by Crippen LogP contribution is -2.46. The molecule has 7 heteroatoms. The number of likely N-dealkylation sites (tertiary alicyclic amines) is 1. The van der Waals surface area contributed by atoms with Gasteiger partial charge in [0.1, 0.15) is 11.6 Å². The van der Waals surface area contributed by atoms with Crippen LogP contribution in [-0.2, 0) is 4.79 Å². The maximum atomic E-state index is 13.8. The SMILES string of the molecule is CC(=O)Oc1cccc(C(=O)NC2CCN(C(=O)c3ccccc3F)CC2)c1. The fraction of sp³-hybridized carbons (Fsp3) is 0.286. The maximum Gasteiger partial charge on any atom is 0.308 e. The van der Waals surface area contributed by atoms with Crippen molar-refractivity contribution in [2.45, 2.75) is 25.8 Å². The van der Waals surface area contributed by atoms with Crippen LogP contribution < -0.4 is 10.1 Å². The van der Waals surface area contributed by atoms with E-state index in [9.17, 15) is 18.8 Å². The Hall–Kier alpha value is -3.22. The highest BCUT2D eigenvalue weighted by atomic mass is 19.1. The monoisotopic (exact) mass is 384 g/mol. The van der Waals surface area contributed by atoms with E-state index in [1.54, 1.807) is 35.2 Å². The summed E-state index contributed by atoms with van der Waals surface area (Å²) in [4.78, 5) is 37.5. The molecule has 0 saturated carbocycles. The van der Waals surface area contributed by atoms with E-state index < -0.39 is 11.8 Å². The molecular weight excluding hydrogens is 363 g/mol. The number of ether oxygens (including phenoxy) is 1. The van der Waals surface area contributed by atoms with Crippen LogP contribution >= 0.6 is 0 Å². The molecule has 0 atom stereocenters. The Morgan fingerprint density at radius 3 is 2.46 bits per heavy atom. The summed E-state index contributed by atoms with van der Waals surface area (Å²) in [6.07, 6.45) is 1.16. The fourth-order valence-electron chi connectivity index (χ4n) is 3.17. The van der Waals surface area contributed by atoms with Crippen LogP contribution in [0.2, 0.25) is 0 Å². The highest BCUT2D eigenvalue weighted by Gasteiger charge is 2.26. The summed E-state index contributed by atoms with van der Waals surface area (Å²) in [5, 5.41) is 2.93. The number of carbonyl (C=O) groups is 3. The predicted molar refractivity (Wildman–Crippen MR) is 101 cm³/mol. The highest BCUT2D eigenvalue weighted by molar-refractivity contribution is 5.95. The first kappa shape index (κ1) is 19.5. The molecule has 0 radical (unpaired) electrons. The number of hydrogen-bond donors (Lipinski definition) is 1. The van der Waals surface area contributed by atoms with Crippen LogP contribution in [0.1, 0.15) is 40.5 Å². The van der Waals surface area contributed by atoms with Crippen LogP contribution in [-0.4, -0.2) is 41.8 Å². The van der Waals surface area contributed by atoms with Gasteiger partial charge in [-0.25, -0.2) is 4.39 Å². The molecule has 2 aromatic carbocycles. The van der Waals surface area contributed by atoms with Gasteiger partial charge in [-0.3, -0.25) is 14.4 Å². The van der Waals surface area contributed by atoms with Crippen molar-refractivity contribution in [2.24, 2.45) is 0 Å². The van der Waals surface area contributed by atoms with Gasteiger partial charge in [0.05, 0.1) is 5.56 Å². The van der Waals surface area contributed by atoms with Crippen LogP contribution in [0.3, 0.4) is 0 Å². The summed E-state index contributed by atoms with van der Waals surface area (Å²) in [5.41, 5.74) is 0.455. The third-order valence-electron chi connectivity index (χ3n) is 4.58. The Morgan fingerprint density at radius 1 is 1.07 bits per heavy atom. The number of nitrogens with one attached hydrogen (secondary N) is 1. The van der Waals surface area contributed by atoms with Crippen molar-refractivity contribution >= 4 is 17.8 Å². The molecule has 2 aromatic rings. The van der Waals surface area contributed by atoms with Gasteiger partial charge in [-0.15, -0.1) is 0 Å². The molecule has 3 rings (SSSR count). The Kier molecular flexibility index (Phi) is 6.03. The first-order valence-corrected chi connectivity index (χ1v) is 9.07. The number of esters is 1. The molecule has 2 amide bonds. The zero-order valence-corrected chi connectivity index (χ0v) is 15.5. The highest BCUT2D eigenvalue weighted by Crippen LogP contribution is 2.18. The van der Waals surface area contributed by atoms with Crippen molar-refractivity contribution in [3.05, 3.63) is 65.5 Å². The molecule has 0 aromatic heterocycles. The van der Waals surface area contributed by atoms with Crippen molar-refractivity contribution in [1.29, 1.82) is 0 Å². The molecule has 1 fully saturated rings. The van der Waals surface area contributed by atoms with Crippen LogP contribution in [0.25, 0.3) is 0 Å². The minimum Gasteiger partial charge on any atom is -0.427 e. The molecule has 28 heavy (non-hydrogen) atoms. The van der Waals surface area contributed by atoms with E-state index >= 15 is 0 Å². The summed E-state index contributed by atoms with van der Waals surface area (Å²) in [6.45, 7) is 2.17. The minimum atomic E-state index is -0.532. The summed E-state index contributed by atoms with van der Waals surface area (Å²) in [6, 6.07) is 12.2. The molecular formula is C21H21FN2O4. The Labute approximate surface area is 162 Å². The van der Waals surface area contributed by atoms with E-state index in [0.29, 0.717) is 37.2 Å². The molecule has 1 aliphatic rings. The third kappa shape index (κ3) is 4.73. The van der Waals surface area contributed by atoms with Gasteiger partial charge >= 0.3 is 5.97 Å². The average molecular weight is 384 g/mol. The first-order chi connectivity index (χ1) is 13.4. The van der Waals surface area contributed by atoms with E-state index in [1.165, 1.54) is 25.1 Å². The molecule has 6 nitrogen and oxygen atoms in total. The van der Waals surface area contributed by atoms with Gasteiger partial charge in [0.2, 0.25) is 0 Å². The number of carbonyl (C=O) groups excluding carboxylic acids is 3. The van der Waals surface area contributed by atoms with Crippen LogP contribution in [0, 0.1) is 5.82 Å². The number of benzene rings is 2. The number of rotatable bonds is 4. The second kappa shape index (κ2) is 8.65. The number of hydrogen-bond acceptors (Lipinski definition) is 4. The summed E-state index contributed by atoms with van der Waals surface area (Å²) >= 11 is 0. The van der Waals surface area contributed by atoms with Gasteiger partial charge in [-0.1, -0.05) is 18.2 Å². The maximum absolute atomic E-state index is 13.8. The summed E-state index contributed by atoms with van der Waals surface area (Å²) in [7, 11) is 0. The normalized spacial score (nSPS) is 14.4. The minimum absolute atomic E-state index is 0.0623. The number of amides is 2. The first-order valence-electron chi connectivity index (χ1n) is 9.07. The smallest absolute Gasteiger partial charge is 0.308 e. The van der Waals surface area contributed by atoms with Gasteiger partial charge in [0, 0.05) is 31.6 Å². The fourth-order valence-corrected chi connectivity index (χ4v) is 3.17. The number of nitrogens with zero attached hydrogens (tertiary/aromatic N) is 1. The molecule has 0 aliphatic carbocycles. The molecule has 0 bridgehead atoms. The zero-order valence-electron chi connectivity index (χ0n) is 15.5. The largest absolute Gasteiger partial charge is 0.427 e. The quantitative estimate of drug-likeness (QED) is 0.650. The van der Waals surface area contributed by atoms with Crippen LogP contribution in [0.4, 0.5) is 4.39 Å². The standard InChI is InChI=1S/C21H21FN2O4/c1-14(25)28-17-6-4-5-15(13-17)20(26)23-16-9-11-24(12-10-16)21(27)18-7-2-3-8-19(18)22/h2-8,13,16H,9-12H2,1H3,(H,23,26). The topological polar surface area (TPSA) is 75.7 Å².